The summed E-state index contributed by atoms with van der Waals surface area (Å²) in [5, 5.41) is 12.5. The number of pyridine rings is 1. The number of carboxylic acids is 1. The number of carbonyl (C=O) groups excluding carboxylic acids is 1. The van der Waals surface area contributed by atoms with Crippen molar-refractivity contribution in [2.75, 3.05) is 5.32 Å². The molecule has 0 spiro atoms. The Bertz CT molecular complexity index is 595. The van der Waals surface area contributed by atoms with Gasteiger partial charge in [-0.05, 0) is 38.8 Å². The lowest BCUT2D eigenvalue weighted by Crippen LogP contribution is -2.36. The van der Waals surface area contributed by atoms with Crippen molar-refractivity contribution in [2.24, 2.45) is 11.8 Å². The number of amides is 1. The van der Waals surface area contributed by atoms with Crippen LogP contribution in [0.5, 0.6) is 0 Å². The summed E-state index contributed by atoms with van der Waals surface area (Å²) < 4.78 is 0. The first-order chi connectivity index (χ1) is 9.88. The van der Waals surface area contributed by atoms with Crippen molar-refractivity contribution >= 4 is 29.3 Å². The summed E-state index contributed by atoms with van der Waals surface area (Å²) in [6, 6.07) is 3.21. The highest BCUT2D eigenvalue weighted by Gasteiger charge is 2.37. The Morgan fingerprint density at radius 2 is 1.86 bits per heavy atom. The second-order valence-electron chi connectivity index (χ2n) is 5.37. The first-order valence-corrected chi connectivity index (χ1v) is 7.06. The highest BCUT2D eigenvalue weighted by molar-refractivity contribution is 6.30. The van der Waals surface area contributed by atoms with Crippen LogP contribution in [0.25, 0.3) is 0 Å². The van der Waals surface area contributed by atoms with Crippen molar-refractivity contribution in [3.63, 3.8) is 0 Å². The number of carboxylic acid groups (broad SMARTS) is 1. The summed E-state index contributed by atoms with van der Waals surface area (Å²) in [6.07, 6.45) is 2.30. The number of hydrogen-bond acceptors (Lipinski definition) is 3. The second kappa shape index (κ2) is 6.26. The van der Waals surface area contributed by atoms with Crippen molar-refractivity contribution in [1.29, 1.82) is 0 Å². The molecular weight excluding hydrogens is 292 g/mol. The molecule has 1 aromatic heterocycles. The zero-order valence-electron chi connectivity index (χ0n) is 11.9. The lowest BCUT2D eigenvalue weighted by atomic mass is 9.76. The maximum absolute atomic E-state index is 12.3. The topological polar surface area (TPSA) is 79.3 Å². The molecule has 6 heteroatoms. The van der Waals surface area contributed by atoms with Gasteiger partial charge in [-0.3, -0.25) is 9.59 Å². The smallest absolute Gasteiger partial charge is 0.307 e. The van der Waals surface area contributed by atoms with Crippen molar-refractivity contribution in [1.82, 2.24) is 4.98 Å². The van der Waals surface area contributed by atoms with Gasteiger partial charge >= 0.3 is 5.97 Å². The molecule has 0 fully saturated rings. The molecule has 0 saturated heterocycles. The van der Waals surface area contributed by atoms with Gasteiger partial charge < -0.3 is 10.4 Å². The van der Waals surface area contributed by atoms with Crippen LogP contribution < -0.4 is 5.32 Å². The maximum Gasteiger partial charge on any atom is 0.307 e. The number of nitrogens with zero attached hydrogens (tertiary/aromatic N) is 1. The monoisotopic (exact) mass is 308 g/mol. The minimum atomic E-state index is -0.939. The van der Waals surface area contributed by atoms with E-state index in [0.29, 0.717) is 23.7 Å². The van der Waals surface area contributed by atoms with Crippen LogP contribution in [0.4, 0.5) is 5.82 Å². The molecule has 2 rings (SSSR count). The molecule has 1 aliphatic rings. The normalized spacial score (nSPS) is 22.0. The summed E-state index contributed by atoms with van der Waals surface area (Å²) in [7, 11) is 0. The molecule has 21 heavy (non-hydrogen) atoms. The number of hydrogen-bond donors (Lipinski definition) is 2. The van der Waals surface area contributed by atoms with Gasteiger partial charge in [0.25, 0.3) is 0 Å². The van der Waals surface area contributed by atoms with Gasteiger partial charge in [0.2, 0.25) is 5.91 Å². The lowest BCUT2D eigenvalue weighted by Gasteiger charge is -2.29. The quantitative estimate of drug-likeness (QED) is 0.841. The van der Waals surface area contributed by atoms with Gasteiger partial charge in [0.1, 0.15) is 5.82 Å². The van der Waals surface area contributed by atoms with Crippen LogP contribution in [0.1, 0.15) is 26.7 Å². The molecule has 2 N–H and O–H groups in total. The zero-order valence-corrected chi connectivity index (χ0v) is 12.6. The average molecular weight is 309 g/mol. The molecular formula is C15H17ClN2O3. The third-order valence-electron chi connectivity index (χ3n) is 3.90. The molecule has 0 aromatic carbocycles. The van der Waals surface area contributed by atoms with E-state index in [1.807, 2.05) is 13.8 Å². The fourth-order valence-corrected chi connectivity index (χ4v) is 2.61. The maximum atomic E-state index is 12.3. The number of aromatic nitrogens is 1. The molecule has 2 atom stereocenters. The number of nitrogens with one attached hydrogen (secondary N) is 1. The van der Waals surface area contributed by atoms with Crippen LogP contribution in [-0.2, 0) is 9.59 Å². The molecule has 1 heterocycles. The third kappa shape index (κ3) is 3.61. The van der Waals surface area contributed by atoms with E-state index < -0.39 is 17.8 Å². The molecule has 0 saturated carbocycles. The summed E-state index contributed by atoms with van der Waals surface area (Å²) in [5.41, 5.74) is 2.13. The molecule has 1 aromatic rings. The van der Waals surface area contributed by atoms with Crippen molar-refractivity contribution in [2.45, 2.75) is 26.7 Å². The third-order valence-corrected chi connectivity index (χ3v) is 4.12. The van der Waals surface area contributed by atoms with E-state index in [1.54, 1.807) is 12.1 Å². The van der Waals surface area contributed by atoms with Crippen LogP contribution in [0.3, 0.4) is 0 Å². The van der Waals surface area contributed by atoms with Crippen molar-refractivity contribution in [3.05, 3.63) is 34.5 Å². The molecule has 5 nitrogen and oxygen atoms in total. The Labute approximate surface area is 128 Å². The SMILES string of the molecule is CC1=C(C)CC(C(=O)Nc2ccc(Cl)cn2)C(C(=O)O)C1. The summed E-state index contributed by atoms with van der Waals surface area (Å²) in [4.78, 5) is 27.7. The Morgan fingerprint density at radius 1 is 1.24 bits per heavy atom. The van der Waals surface area contributed by atoms with Gasteiger partial charge in [-0.2, -0.15) is 0 Å². The lowest BCUT2D eigenvalue weighted by molar-refractivity contribution is -0.146. The van der Waals surface area contributed by atoms with Gasteiger partial charge in [-0.15, -0.1) is 0 Å². The molecule has 0 bridgehead atoms. The summed E-state index contributed by atoms with van der Waals surface area (Å²) in [6.45, 7) is 3.86. The number of rotatable bonds is 3. The molecule has 0 radical (unpaired) electrons. The highest BCUT2D eigenvalue weighted by atomic mass is 35.5. The van der Waals surface area contributed by atoms with Crippen LogP contribution in [0.15, 0.2) is 29.5 Å². The van der Waals surface area contributed by atoms with Crippen LogP contribution in [0, 0.1) is 11.8 Å². The van der Waals surface area contributed by atoms with E-state index in [4.69, 9.17) is 11.6 Å². The minimum absolute atomic E-state index is 0.316. The molecule has 1 aliphatic carbocycles. The molecule has 2 unspecified atom stereocenters. The number of anilines is 1. The van der Waals surface area contributed by atoms with E-state index in [9.17, 15) is 14.7 Å². The number of carbonyl (C=O) groups is 2. The van der Waals surface area contributed by atoms with E-state index in [2.05, 4.69) is 10.3 Å². The first kappa shape index (κ1) is 15.5. The van der Waals surface area contributed by atoms with Gasteiger partial charge in [0.15, 0.2) is 0 Å². The predicted octanol–water partition coefficient (Wildman–Crippen LogP) is 3.12. The van der Waals surface area contributed by atoms with Gasteiger partial charge in [-0.1, -0.05) is 22.7 Å². The van der Waals surface area contributed by atoms with Crippen LogP contribution in [-0.4, -0.2) is 22.0 Å². The van der Waals surface area contributed by atoms with Gasteiger partial charge in [0, 0.05) is 6.20 Å². The Morgan fingerprint density at radius 3 is 2.38 bits per heavy atom. The van der Waals surface area contributed by atoms with Crippen LogP contribution in [0.2, 0.25) is 5.02 Å². The number of aliphatic carboxylic acids is 1. The van der Waals surface area contributed by atoms with E-state index in [1.165, 1.54) is 6.20 Å². The fraction of sp³-hybridized carbons (Fsp3) is 0.400. The minimum Gasteiger partial charge on any atom is -0.481 e. The molecule has 0 aliphatic heterocycles. The number of halogens is 1. The number of allylic oxidation sites excluding steroid dienone is 2. The van der Waals surface area contributed by atoms with Gasteiger partial charge in [0.05, 0.1) is 16.9 Å². The summed E-state index contributed by atoms with van der Waals surface area (Å²) >= 11 is 5.74. The Kier molecular flexibility index (Phi) is 4.63. The first-order valence-electron chi connectivity index (χ1n) is 6.69. The Hall–Kier alpha value is -1.88. The van der Waals surface area contributed by atoms with E-state index in [-0.39, 0.29) is 5.91 Å². The van der Waals surface area contributed by atoms with Crippen molar-refractivity contribution in [3.8, 4) is 0 Å². The largest absolute Gasteiger partial charge is 0.481 e. The molecule has 112 valence electrons. The standard InChI is InChI=1S/C15H17ClN2O3/c1-8-5-11(12(15(20)21)6-9(8)2)14(19)18-13-4-3-10(16)7-17-13/h3-4,7,11-12H,5-6H2,1-2H3,(H,20,21)(H,17,18,19). The van der Waals surface area contributed by atoms with Crippen molar-refractivity contribution < 1.29 is 14.7 Å². The fourth-order valence-electron chi connectivity index (χ4n) is 2.50. The molecule has 1 amide bonds. The summed E-state index contributed by atoms with van der Waals surface area (Å²) in [5.74, 6) is -2.16. The average Bonchev–Trinajstić information content (AvgIpc) is 2.43. The zero-order chi connectivity index (χ0) is 15.6. The predicted molar refractivity (Wildman–Crippen MR) is 80.1 cm³/mol. The Balaban J connectivity index is 2.16. The van der Waals surface area contributed by atoms with E-state index >= 15 is 0 Å². The second-order valence-corrected chi connectivity index (χ2v) is 5.81. The van der Waals surface area contributed by atoms with Crippen LogP contribution >= 0.6 is 11.6 Å². The van der Waals surface area contributed by atoms with Gasteiger partial charge in [-0.25, -0.2) is 4.98 Å². The highest BCUT2D eigenvalue weighted by Crippen LogP contribution is 2.34. The van der Waals surface area contributed by atoms with E-state index in [0.717, 1.165) is 11.1 Å².